The van der Waals surface area contributed by atoms with E-state index in [-0.39, 0.29) is 11.6 Å². The summed E-state index contributed by atoms with van der Waals surface area (Å²) < 4.78 is 20.1. The molecule has 0 bridgehead atoms. The largest absolute Gasteiger partial charge is 0.423 e. The lowest BCUT2D eigenvalue weighted by atomic mass is 10.0. The Hall–Kier alpha value is -3.08. The van der Waals surface area contributed by atoms with Gasteiger partial charge in [0.15, 0.2) is 5.82 Å². The highest BCUT2D eigenvalue weighted by Gasteiger charge is 2.12. The molecule has 1 heterocycles. The first-order chi connectivity index (χ1) is 20.1. The molecule has 0 spiro atoms. The fourth-order valence-electron chi connectivity index (χ4n) is 5.08. The Morgan fingerprint density at radius 2 is 1.22 bits per heavy atom. The summed E-state index contributed by atoms with van der Waals surface area (Å²) in [5.41, 5.74) is 3.06. The number of rotatable bonds is 20. The third-order valence-corrected chi connectivity index (χ3v) is 7.69. The SMILES string of the molecule is CCCCCCCCCCc1ccc(OC(=O)c2ccc(-c3ncc(CCCCCCCCC)cn3)cc2)cc1F. The van der Waals surface area contributed by atoms with E-state index in [0.717, 1.165) is 36.8 Å². The highest BCUT2D eigenvalue weighted by molar-refractivity contribution is 5.91. The molecule has 3 rings (SSSR count). The number of carbonyl (C=O) groups excluding carboxylic acids is 1. The molecule has 0 radical (unpaired) electrons. The van der Waals surface area contributed by atoms with Crippen LogP contribution in [0.5, 0.6) is 5.75 Å². The lowest BCUT2D eigenvalue weighted by molar-refractivity contribution is 0.0734. The number of halogens is 1. The maximum absolute atomic E-state index is 14.6. The summed E-state index contributed by atoms with van der Waals surface area (Å²) in [4.78, 5) is 21.7. The van der Waals surface area contributed by atoms with Crippen LogP contribution in [0.3, 0.4) is 0 Å². The van der Waals surface area contributed by atoms with Crippen molar-refractivity contribution in [1.29, 1.82) is 0 Å². The van der Waals surface area contributed by atoms with Gasteiger partial charge in [-0.1, -0.05) is 116 Å². The monoisotopic (exact) mass is 560 g/mol. The van der Waals surface area contributed by atoms with Crippen molar-refractivity contribution < 1.29 is 13.9 Å². The molecule has 0 atom stereocenters. The molecule has 41 heavy (non-hydrogen) atoms. The van der Waals surface area contributed by atoms with Crippen molar-refractivity contribution >= 4 is 5.97 Å². The predicted octanol–water partition coefficient (Wildman–Crippen LogP) is 10.5. The maximum Gasteiger partial charge on any atom is 0.343 e. The fourth-order valence-corrected chi connectivity index (χ4v) is 5.08. The number of hydrogen-bond donors (Lipinski definition) is 0. The Labute approximate surface area is 247 Å². The Bertz CT molecular complexity index is 1150. The highest BCUT2D eigenvalue weighted by Crippen LogP contribution is 2.22. The van der Waals surface area contributed by atoms with Crippen LogP contribution in [0.25, 0.3) is 11.4 Å². The number of hydrogen-bond acceptors (Lipinski definition) is 4. The van der Waals surface area contributed by atoms with Gasteiger partial charge < -0.3 is 4.74 Å². The summed E-state index contributed by atoms with van der Waals surface area (Å²) in [5, 5.41) is 0. The predicted molar refractivity (Wildman–Crippen MR) is 167 cm³/mol. The second kappa shape index (κ2) is 19.1. The molecule has 3 aromatic rings. The van der Waals surface area contributed by atoms with E-state index < -0.39 is 5.97 Å². The lowest BCUT2D eigenvalue weighted by Gasteiger charge is -2.08. The van der Waals surface area contributed by atoms with Gasteiger partial charge in [0.2, 0.25) is 0 Å². The van der Waals surface area contributed by atoms with Gasteiger partial charge in [0.25, 0.3) is 0 Å². The topological polar surface area (TPSA) is 52.1 Å². The van der Waals surface area contributed by atoms with Gasteiger partial charge in [-0.3, -0.25) is 0 Å². The van der Waals surface area contributed by atoms with E-state index in [2.05, 4.69) is 23.8 Å². The quantitative estimate of drug-likeness (QED) is 0.0783. The summed E-state index contributed by atoms with van der Waals surface area (Å²) in [5.74, 6) is 0.0115. The summed E-state index contributed by atoms with van der Waals surface area (Å²) in [6, 6.07) is 11.7. The molecule has 222 valence electrons. The molecule has 2 aromatic carbocycles. The standard InChI is InChI=1S/C36H49FN2O2/c1-3-5-7-9-11-13-15-17-19-30-24-25-33(26-34(30)37)41-36(40)32-22-20-31(21-23-32)35-38-27-29(28-39-35)18-16-14-12-10-8-6-4-2/h20-28H,3-19H2,1-2H3. The van der Waals surface area contributed by atoms with Crippen molar-refractivity contribution in [3.05, 3.63) is 77.4 Å². The molecule has 0 saturated heterocycles. The van der Waals surface area contributed by atoms with Gasteiger partial charge in [-0.05, 0) is 55.0 Å². The van der Waals surface area contributed by atoms with E-state index in [1.807, 2.05) is 24.5 Å². The number of aromatic nitrogens is 2. The van der Waals surface area contributed by atoms with Gasteiger partial charge in [-0.15, -0.1) is 0 Å². The second-order valence-electron chi connectivity index (χ2n) is 11.2. The summed E-state index contributed by atoms with van der Waals surface area (Å²) in [7, 11) is 0. The van der Waals surface area contributed by atoms with Crippen molar-refractivity contribution in [2.75, 3.05) is 0 Å². The van der Waals surface area contributed by atoms with Crippen LogP contribution >= 0.6 is 0 Å². The van der Waals surface area contributed by atoms with E-state index >= 15 is 0 Å². The van der Waals surface area contributed by atoms with Gasteiger partial charge >= 0.3 is 5.97 Å². The van der Waals surface area contributed by atoms with Gasteiger partial charge in [0.05, 0.1) is 5.56 Å². The van der Waals surface area contributed by atoms with Gasteiger partial charge in [0.1, 0.15) is 11.6 Å². The fraction of sp³-hybridized carbons (Fsp3) is 0.528. The number of unbranched alkanes of at least 4 members (excludes halogenated alkanes) is 13. The first kappa shape index (κ1) is 32.4. The molecule has 0 unspecified atom stereocenters. The number of carbonyl (C=O) groups is 1. The minimum absolute atomic E-state index is 0.219. The van der Waals surface area contributed by atoms with Crippen LogP contribution in [0, 0.1) is 5.82 Å². The minimum Gasteiger partial charge on any atom is -0.423 e. The number of aryl methyl sites for hydroxylation is 2. The number of esters is 1. The minimum atomic E-state index is -0.516. The molecule has 5 heteroatoms. The number of benzene rings is 2. The molecular weight excluding hydrogens is 511 g/mol. The molecule has 0 aliphatic rings. The third-order valence-electron chi connectivity index (χ3n) is 7.69. The molecule has 4 nitrogen and oxygen atoms in total. The number of ether oxygens (including phenoxy) is 1. The maximum atomic E-state index is 14.6. The van der Waals surface area contributed by atoms with Crippen LogP contribution < -0.4 is 4.74 Å². The van der Waals surface area contributed by atoms with Crippen molar-refractivity contribution in [3.63, 3.8) is 0 Å². The van der Waals surface area contributed by atoms with Crippen LogP contribution in [0.4, 0.5) is 4.39 Å². The Kier molecular flexibility index (Phi) is 15.1. The Morgan fingerprint density at radius 3 is 1.78 bits per heavy atom. The summed E-state index contributed by atoms with van der Waals surface area (Å²) >= 11 is 0. The molecule has 0 saturated carbocycles. The molecule has 0 aliphatic carbocycles. The zero-order valence-corrected chi connectivity index (χ0v) is 25.3. The van der Waals surface area contributed by atoms with E-state index in [9.17, 15) is 9.18 Å². The van der Waals surface area contributed by atoms with Gasteiger partial charge in [0, 0.05) is 24.0 Å². The van der Waals surface area contributed by atoms with Crippen molar-refractivity contribution in [3.8, 4) is 17.1 Å². The highest BCUT2D eigenvalue weighted by atomic mass is 19.1. The Balaban J connectivity index is 1.41. The smallest absolute Gasteiger partial charge is 0.343 e. The second-order valence-corrected chi connectivity index (χ2v) is 11.2. The first-order valence-corrected chi connectivity index (χ1v) is 16.0. The number of nitrogens with zero attached hydrogens (tertiary/aromatic N) is 2. The Morgan fingerprint density at radius 1 is 0.683 bits per heavy atom. The van der Waals surface area contributed by atoms with Gasteiger partial charge in [-0.2, -0.15) is 0 Å². The van der Waals surface area contributed by atoms with E-state index in [0.29, 0.717) is 23.4 Å². The van der Waals surface area contributed by atoms with Crippen LogP contribution in [0.1, 0.15) is 132 Å². The van der Waals surface area contributed by atoms with Crippen molar-refractivity contribution in [2.24, 2.45) is 0 Å². The van der Waals surface area contributed by atoms with E-state index in [1.165, 1.54) is 83.1 Å². The van der Waals surface area contributed by atoms with E-state index in [1.54, 1.807) is 24.3 Å². The molecule has 0 amide bonds. The average molecular weight is 561 g/mol. The molecule has 0 fully saturated rings. The van der Waals surface area contributed by atoms with Crippen molar-refractivity contribution in [1.82, 2.24) is 9.97 Å². The lowest BCUT2D eigenvalue weighted by Crippen LogP contribution is -2.09. The zero-order chi connectivity index (χ0) is 29.1. The molecular formula is C36H49FN2O2. The van der Waals surface area contributed by atoms with Crippen LogP contribution in [-0.2, 0) is 12.8 Å². The van der Waals surface area contributed by atoms with Crippen LogP contribution in [0.15, 0.2) is 54.9 Å². The summed E-state index contributed by atoms with van der Waals surface area (Å²) in [6.07, 6.45) is 24.3. The summed E-state index contributed by atoms with van der Waals surface area (Å²) in [6.45, 7) is 4.47. The van der Waals surface area contributed by atoms with Crippen LogP contribution in [0.2, 0.25) is 0 Å². The average Bonchev–Trinajstić information content (AvgIpc) is 2.99. The van der Waals surface area contributed by atoms with Crippen LogP contribution in [-0.4, -0.2) is 15.9 Å². The zero-order valence-electron chi connectivity index (χ0n) is 25.3. The van der Waals surface area contributed by atoms with Crippen molar-refractivity contribution in [2.45, 2.75) is 123 Å². The van der Waals surface area contributed by atoms with E-state index in [4.69, 9.17) is 4.74 Å². The molecule has 1 aromatic heterocycles. The van der Waals surface area contributed by atoms with Gasteiger partial charge in [-0.25, -0.2) is 19.2 Å². The molecule has 0 N–H and O–H groups in total. The normalized spacial score (nSPS) is 11.1. The first-order valence-electron chi connectivity index (χ1n) is 16.0. The third kappa shape index (κ3) is 12.1. The molecule has 0 aliphatic heterocycles.